The van der Waals surface area contributed by atoms with Crippen molar-refractivity contribution >= 4 is 23.5 Å². The number of carbonyl (C=O) groups excluding carboxylic acids is 1. The van der Waals surface area contributed by atoms with Crippen LogP contribution in [0.5, 0.6) is 0 Å². The first kappa shape index (κ1) is 11.9. The lowest BCUT2D eigenvalue weighted by molar-refractivity contribution is -0.141. The highest BCUT2D eigenvalue weighted by atomic mass is 35.5. The summed E-state index contributed by atoms with van der Waals surface area (Å²) >= 11 is 5.93. The first-order valence-corrected chi connectivity index (χ1v) is 5.77. The molecule has 1 heterocycles. The molecule has 90 valence electrons. The molecule has 1 atom stereocenters. The van der Waals surface area contributed by atoms with Gasteiger partial charge in [-0.25, -0.2) is 4.79 Å². The first-order chi connectivity index (χ1) is 8.11. The molecule has 5 heteroatoms. The van der Waals surface area contributed by atoms with Crippen molar-refractivity contribution in [1.29, 1.82) is 0 Å². The predicted molar refractivity (Wildman–Crippen MR) is 63.1 cm³/mol. The number of rotatable bonds is 2. The Morgan fingerprint density at radius 1 is 1.35 bits per heavy atom. The molecule has 1 aliphatic heterocycles. The van der Waals surface area contributed by atoms with E-state index in [9.17, 15) is 9.59 Å². The molecule has 1 aliphatic rings. The number of aliphatic carboxylic acids is 1. The van der Waals surface area contributed by atoms with Gasteiger partial charge in [0, 0.05) is 6.54 Å². The van der Waals surface area contributed by atoms with Crippen LogP contribution in [-0.4, -0.2) is 34.5 Å². The third-order valence-electron chi connectivity index (χ3n) is 2.90. The van der Waals surface area contributed by atoms with E-state index in [2.05, 4.69) is 0 Å². The zero-order valence-corrected chi connectivity index (χ0v) is 9.85. The monoisotopic (exact) mass is 253 g/mol. The van der Waals surface area contributed by atoms with Gasteiger partial charge in [-0.05, 0) is 25.0 Å². The molecule has 0 radical (unpaired) electrons. The fraction of sp³-hybridized carbons (Fsp3) is 0.333. The van der Waals surface area contributed by atoms with Gasteiger partial charge in [0.2, 0.25) is 0 Å². The van der Waals surface area contributed by atoms with E-state index in [1.165, 1.54) is 4.90 Å². The largest absolute Gasteiger partial charge is 0.480 e. The quantitative estimate of drug-likeness (QED) is 0.877. The molecule has 0 bridgehead atoms. The average Bonchev–Trinajstić information content (AvgIpc) is 2.77. The van der Waals surface area contributed by atoms with Crippen molar-refractivity contribution in [2.75, 3.05) is 6.54 Å². The second-order valence-corrected chi connectivity index (χ2v) is 4.38. The van der Waals surface area contributed by atoms with Gasteiger partial charge >= 0.3 is 5.97 Å². The van der Waals surface area contributed by atoms with Crippen LogP contribution < -0.4 is 0 Å². The van der Waals surface area contributed by atoms with Crippen molar-refractivity contribution in [3.63, 3.8) is 0 Å². The maximum absolute atomic E-state index is 12.2. The average molecular weight is 254 g/mol. The Labute approximate surface area is 104 Å². The summed E-state index contributed by atoms with van der Waals surface area (Å²) in [5, 5.41) is 9.38. The van der Waals surface area contributed by atoms with Gasteiger partial charge in [-0.15, -0.1) is 0 Å². The number of carboxylic acids is 1. The SMILES string of the molecule is O=C(O)[C@@H]1CCCN1C(=O)c1ccccc1Cl. The third kappa shape index (κ3) is 2.26. The molecule has 1 amide bonds. The maximum Gasteiger partial charge on any atom is 0.326 e. The van der Waals surface area contributed by atoms with E-state index in [0.717, 1.165) is 0 Å². The Kier molecular flexibility index (Phi) is 3.33. The molecule has 0 aromatic heterocycles. The van der Waals surface area contributed by atoms with Crippen LogP contribution in [0.2, 0.25) is 5.02 Å². The number of benzene rings is 1. The minimum Gasteiger partial charge on any atom is -0.480 e. The molecule has 1 N–H and O–H groups in total. The zero-order valence-electron chi connectivity index (χ0n) is 9.10. The lowest BCUT2D eigenvalue weighted by Crippen LogP contribution is -2.40. The predicted octanol–water partition coefficient (Wildman–Crippen LogP) is 2.03. The van der Waals surface area contributed by atoms with Gasteiger partial charge in [0.25, 0.3) is 5.91 Å². The van der Waals surface area contributed by atoms with E-state index < -0.39 is 12.0 Å². The molecule has 0 spiro atoms. The van der Waals surface area contributed by atoms with Gasteiger partial charge in [-0.2, -0.15) is 0 Å². The van der Waals surface area contributed by atoms with Crippen molar-refractivity contribution in [2.45, 2.75) is 18.9 Å². The highest BCUT2D eigenvalue weighted by Gasteiger charge is 2.34. The molecule has 0 saturated carbocycles. The van der Waals surface area contributed by atoms with Crippen LogP contribution >= 0.6 is 11.6 Å². The minimum atomic E-state index is -0.956. The summed E-state index contributed by atoms with van der Waals surface area (Å²) in [6.45, 7) is 0.473. The lowest BCUT2D eigenvalue weighted by atomic mass is 10.1. The lowest BCUT2D eigenvalue weighted by Gasteiger charge is -2.21. The van der Waals surface area contributed by atoms with Crippen molar-refractivity contribution in [3.05, 3.63) is 34.9 Å². The van der Waals surface area contributed by atoms with E-state index in [0.29, 0.717) is 30.0 Å². The summed E-state index contributed by atoms with van der Waals surface area (Å²) < 4.78 is 0. The Morgan fingerprint density at radius 3 is 2.71 bits per heavy atom. The number of likely N-dealkylation sites (tertiary alicyclic amines) is 1. The van der Waals surface area contributed by atoms with Crippen molar-refractivity contribution in [2.24, 2.45) is 0 Å². The number of nitrogens with zero attached hydrogens (tertiary/aromatic N) is 1. The summed E-state index contributed by atoms with van der Waals surface area (Å²) in [6, 6.07) is 5.96. The fourth-order valence-electron chi connectivity index (χ4n) is 2.06. The van der Waals surface area contributed by atoms with E-state index in [4.69, 9.17) is 16.7 Å². The fourth-order valence-corrected chi connectivity index (χ4v) is 2.27. The van der Waals surface area contributed by atoms with Gasteiger partial charge in [-0.3, -0.25) is 4.79 Å². The molecule has 0 unspecified atom stereocenters. The zero-order chi connectivity index (χ0) is 12.4. The number of carboxylic acid groups (broad SMARTS) is 1. The van der Waals surface area contributed by atoms with Crippen molar-refractivity contribution in [1.82, 2.24) is 4.90 Å². The standard InChI is InChI=1S/C12H12ClNO3/c13-9-5-2-1-4-8(9)11(15)14-7-3-6-10(14)12(16)17/h1-2,4-5,10H,3,6-7H2,(H,16,17)/t10-/m0/s1. The number of hydrogen-bond donors (Lipinski definition) is 1. The summed E-state index contributed by atoms with van der Waals surface area (Å²) in [6.07, 6.45) is 1.22. The van der Waals surface area contributed by atoms with Gasteiger partial charge in [0.15, 0.2) is 0 Å². The van der Waals surface area contributed by atoms with Crippen molar-refractivity contribution < 1.29 is 14.7 Å². The smallest absolute Gasteiger partial charge is 0.326 e. The molecule has 1 aromatic carbocycles. The van der Waals surface area contributed by atoms with Crippen LogP contribution in [0.1, 0.15) is 23.2 Å². The van der Waals surface area contributed by atoms with Gasteiger partial charge < -0.3 is 10.0 Å². The Balaban J connectivity index is 2.26. The Morgan fingerprint density at radius 2 is 2.06 bits per heavy atom. The maximum atomic E-state index is 12.2. The minimum absolute atomic E-state index is 0.305. The van der Waals surface area contributed by atoms with E-state index in [1.807, 2.05) is 0 Å². The number of hydrogen-bond acceptors (Lipinski definition) is 2. The normalized spacial score (nSPS) is 19.4. The van der Waals surface area contributed by atoms with Crippen LogP contribution in [0.15, 0.2) is 24.3 Å². The van der Waals surface area contributed by atoms with Crippen LogP contribution in [0.25, 0.3) is 0 Å². The van der Waals surface area contributed by atoms with Gasteiger partial charge in [-0.1, -0.05) is 23.7 Å². The number of amides is 1. The van der Waals surface area contributed by atoms with E-state index in [1.54, 1.807) is 24.3 Å². The Bertz CT molecular complexity index is 461. The molecule has 2 rings (SSSR count). The molecular formula is C12H12ClNO3. The van der Waals surface area contributed by atoms with E-state index in [-0.39, 0.29) is 5.91 Å². The van der Waals surface area contributed by atoms with E-state index >= 15 is 0 Å². The molecule has 17 heavy (non-hydrogen) atoms. The highest BCUT2D eigenvalue weighted by Crippen LogP contribution is 2.23. The summed E-state index contributed by atoms with van der Waals surface area (Å²) in [4.78, 5) is 24.5. The Hall–Kier alpha value is -1.55. The second kappa shape index (κ2) is 4.75. The molecule has 1 saturated heterocycles. The number of halogens is 1. The molecular weight excluding hydrogens is 242 g/mol. The number of carbonyl (C=O) groups is 2. The topological polar surface area (TPSA) is 57.6 Å². The molecule has 1 fully saturated rings. The molecule has 1 aromatic rings. The van der Waals surface area contributed by atoms with Gasteiger partial charge in [0.1, 0.15) is 6.04 Å². The highest BCUT2D eigenvalue weighted by molar-refractivity contribution is 6.33. The molecule has 0 aliphatic carbocycles. The first-order valence-electron chi connectivity index (χ1n) is 5.39. The second-order valence-electron chi connectivity index (χ2n) is 3.97. The van der Waals surface area contributed by atoms with Crippen LogP contribution in [0, 0.1) is 0 Å². The summed E-state index contributed by atoms with van der Waals surface area (Å²) in [7, 11) is 0. The van der Waals surface area contributed by atoms with Crippen LogP contribution in [0.4, 0.5) is 0 Å². The third-order valence-corrected chi connectivity index (χ3v) is 3.23. The van der Waals surface area contributed by atoms with Crippen LogP contribution in [-0.2, 0) is 4.79 Å². The van der Waals surface area contributed by atoms with Gasteiger partial charge in [0.05, 0.1) is 10.6 Å². The summed E-state index contributed by atoms with van der Waals surface area (Å²) in [5.41, 5.74) is 0.363. The van der Waals surface area contributed by atoms with Crippen molar-refractivity contribution in [3.8, 4) is 0 Å². The summed E-state index contributed by atoms with van der Waals surface area (Å²) in [5.74, 6) is -1.26. The van der Waals surface area contributed by atoms with Crippen LogP contribution in [0.3, 0.4) is 0 Å². The molecule has 4 nitrogen and oxygen atoms in total.